The Hall–Kier alpha value is -3.69. The number of nitrogens with two attached hydrogens (primary N) is 1. The van der Waals surface area contributed by atoms with Crippen LogP contribution in [0.5, 0.6) is 5.75 Å². The quantitative estimate of drug-likeness (QED) is 0.202. The van der Waals surface area contributed by atoms with E-state index in [1.807, 2.05) is 14.1 Å². The second-order valence-electron chi connectivity index (χ2n) is 9.08. The van der Waals surface area contributed by atoms with Crippen molar-refractivity contribution in [2.75, 3.05) is 37.9 Å². The lowest BCUT2D eigenvalue weighted by molar-refractivity contribution is -0.144. The zero-order chi connectivity index (χ0) is 28.2. The van der Waals surface area contributed by atoms with E-state index < -0.39 is 32.1 Å². The maximum absolute atomic E-state index is 13.7. The molecule has 13 nitrogen and oxygen atoms in total. The van der Waals surface area contributed by atoms with E-state index in [4.69, 9.17) is 30.7 Å². The van der Waals surface area contributed by atoms with Gasteiger partial charge in [0.1, 0.15) is 11.8 Å². The van der Waals surface area contributed by atoms with Crippen LogP contribution in [0.4, 0.5) is 11.8 Å². The molecule has 208 valence electrons. The Morgan fingerprint density at radius 3 is 2.77 bits per heavy atom. The number of anilines is 2. The van der Waals surface area contributed by atoms with Crippen molar-refractivity contribution in [2.24, 2.45) is 5.92 Å². The van der Waals surface area contributed by atoms with Crippen molar-refractivity contribution in [3.8, 4) is 18.1 Å². The Bertz CT molecular complexity index is 1390. The molecule has 3 heterocycles. The molecule has 1 aromatic carbocycles. The highest BCUT2D eigenvalue weighted by Gasteiger charge is 2.40. The van der Waals surface area contributed by atoms with Crippen molar-refractivity contribution >= 4 is 36.6 Å². The van der Waals surface area contributed by atoms with E-state index in [0.717, 1.165) is 0 Å². The van der Waals surface area contributed by atoms with Gasteiger partial charge in [-0.1, -0.05) is 24.1 Å². The average molecular weight is 558 g/mol. The van der Waals surface area contributed by atoms with Gasteiger partial charge in [0.05, 0.1) is 31.6 Å². The Kier molecular flexibility index (Phi) is 8.72. The van der Waals surface area contributed by atoms with Crippen LogP contribution in [-0.4, -0.2) is 64.9 Å². The first-order valence-corrected chi connectivity index (χ1v) is 13.9. The molecule has 0 aliphatic carbocycles. The largest absolute Gasteiger partial charge is 0.465 e. The second kappa shape index (κ2) is 12.0. The van der Waals surface area contributed by atoms with Crippen LogP contribution < -0.4 is 20.2 Å². The van der Waals surface area contributed by atoms with E-state index in [9.17, 15) is 9.36 Å². The van der Waals surface area contributed by atoms with Crippen LogP contribution in [0.2, 0.25) is 0 Å². The number of ether oxygens (including phenoxy) is 2. The van der Waals surface area contributed by atoms with Crippen LogP contribution in [0.1, 0.15) is 26.5 Å². The number of carbonyl (C=O) groups is 1. The predicted molar refractivity (Wildman–Crippen MR) is 145 cm³/mol. The van der Waals surface area contributed by atoms with Gasteiger partial charge in [-0.25, -0.2) is 9.55 Å². The van der Waals surface area contributed by atoms with Gasteiger partial charge in [0.25, 0.3) is 0 Å². The van der Waals surface area contributed by atoms with Crippen molar-refractivity contribution in [1.29, 1.82) is 0 Å². The number of benzene rings is 1. The van der Waals surface area contributed by atoms with Crippen LogP contribution >= 0.6 is 7.75 Å². The van der Waals surface area contributed by atoms with E-state index in [1.54, 1.807) is 53.0 Å². The molecule has 3 aromatic rings. The van der Waals surface area contributed by atoms with Crippen LogP contribution in [0.25, 0.3) is 11.2 Å². The molecule has 4 rings (SSSR count). The Morgan fingerprint density at radius 1 is 1.36 bits per heavy atom. The molecule has 0 spiro atoms. The first kappa shape index (κ1) is 28.3. The van der Waals surface area contributed by atoms with E-state index in [0.29, 0.717) is 29.2 Å². The van der Waals surface area contributed by atoms with Gasteiger partial charge in [-0.05, 0) is 32.4 Å². The molecule has 14 heteroatoms. The monoisotopic (exact) mass is 557 g/mol. The molecule has 39 heavy (non-hydrogen) atoms. The summed E-state index contributed by atoms with van der Waals surface area (Å²) in [6.45, 7) is 3.24. The molecule has 1 aliphatic rings. The zero-order valence-electron chi connectivity index (χ0n) is 22.2. The highest BCUT2D eigenvalue weighted by molar-refractivity contribution is 7.52. The fourth-order valence-corrected chi connectivity index (χ4v) is 5.65. The minimum Gasteiger partial charge on any atom is -0.465 e. The summed E-state index contributed by atoms with van der Waals surface area (Å²) in [4.78, 5) is 27.1. The van der Waals surface area contributed by atoms with Gasteiger partial charge in [0, 0.05) is 14.1 Å². The van der Waals surface area contributed by atoms with Crippen molar-refractivity contribution < 1.29 is 27.9 Å². The van der Waals surface area contributed by atoms with Crippen LogP contribution in [0.3, 0.4) is 0 Å². The first-order valence-electron chi connectivity index (χ1n) is 12.4. The molecule has 1 saturated heterocycles. The lowest BCUT2D eigenvalue weighted by atomic mass is 10.0. The topological polar surface area (TPSA) is 156 Å². The van der Waals surface area contributed by atoms with Crippen molar-refractivity contribution in [1.82, 2.24) is 24.6 Å². The van der Waals surface area contributed by atoms with E-state index >= 15 is 0 Å². The Balaban J connectivity index is 1.53. The number of esters is 1. The number of nitrogen functional groups attached to an aromatic ring is 1. The van der Waals surface area contributed by atoms with Crippen LogP contribution in [0, 0.1) is 18.3 Å². The van der Waals surface area contributed by atoms with Gasteiger partial charge in [0.15, 0.2) is 23.2 Å². The molecule has 0 bridgehead atoms. The average Bonchev–Trinajstić information content (AvgIpc) is 3.51. The number of hydrogen-bond donors (Lipinski definition) is 2. The smallest absolute Gasteiger partial charge is 0.459 e. The molecule has 0 amide bonds. The van der Waals surface area contributed by atoms with Crippen molar-refractivity contribution in [3.63, 3.8) is 0 Å². The number of rotatable bonds is 11. The number of aromatic nitrogens is 4. The maximum atomic E-state index is 13.7. The van der Waals surface area contributed by atoms with E-state index in [1.165, 1.54) is 6.92 Å². The summed E-state index contributed by atoms with van der Waals surface area (Å²) in [5, 5.41) is 2.65. The summed E-state index contributed by atoms with van der Waals surface area (Å²) in [5.74, 6) is 2.75. The minimum atomic E-state index is -4.04. The SMILES string of the molecule is C#C[C@H]1C[C@@H](CO[P@@](=O)(N[C@@H](C)C(=O)OCC)Oc2ccccc2)O[C@H]1n1cnc2c(N(C)C)nc(N)nc21. The summed E-state index contributed by atoms with van der Waals surface area (Å²) in [7, 11) is -0.383. The van der Waals surface area contributed by atoms with Crippen LogP contribution in [0.15, 0.2) is 36.7 Å². The Morgan fingerprint density at radius 2 is 2.10 bits per heavy atom. The highest BCUT2D eigenvalue weighted by atomic mass is 31.2. The number of hydrogen-bond acceptors (Lipinski definition) is 11. The molecule has 3 N–H and O–H groups in total. The number of fused-ring (bicyclic) bond motifs is 1. The van der Waals surface area contributed by atoms with E-state index in [-0.39, 0.29) is 25.1 Å². The first-order chi connectivity index (χ1) is 18.6. The second-order valence-corrected chi connectivity index (χ2v) is 10.8. The fraction of sp³-hybridized carbons (Fsp3) is 0.440. The lowest BCUT2D eigenvalue weighted by Gasteiger charge is -2.24. The van der Waals surface area contributed by atoms with Gasteiger partial charge in [0.2, 0.25) is 5.95 Å². The molecular weight excluding hydrogens is 525 g/mol. The number of carbonyl (C=O) groups excluding carboxylic acids is 1. The lowest BCUT2D eigenvalue weighted by Crippen LogP contribution is -2.35. The number of nitrogens with zero attached hydrogens (tertiary/aromatic N) is 5. The van der Waals surface area contributed by atoms with Gasteiger partial charge in [-0.2, -0.15) is 15.1 Å². The van der Waals surface area contributed by atoms with Crippen molar-refractivity contribution in [3.05, 3.63) is 36.7 Å². The van der Waals surface area contributed by atoms with Gasteiger partial charge < -0.3 is 24.6 Å². The molecule has 0 saturated carbocycles. The van der Waals surface area contributed by atoms with Gasteiger partial charge in [-0.3, -0.25) is 13.9 Å². The predicted octanol–water partition coefficient (Wildman–Crippen LogP) is 2.76. The van der Waals surface area contributed by atoms with Gasteiger partial charge >= 0.3 is 13.7 Å². The van der Waals surface area contributed by atoms with Crippen LogP contribution in [-0.2, 0) is 23.4 Å². The molecule has 5 atom stereocenters. The summed E-state index contributed by atoms with van der Waals surface area (Å²) in [6.07, 6.45) is 6.65. The molecular formula is C25H32N7O6P. The van der Waals surface area contributed by atoms with Crippen molar-refractivity contribution in [2.45, 2.75) is 38.6 Å². The summed E-state index contributed by atoms with van der Waals surface area (Å²) >= 11 is 0. The minimum absolute atomic E-state index is 0.0869. The third kappa shape index (κ3) is 6.49. The fourth-order valence-electron chi connectivity index (χ4n) is 4.13. The summed E-state index contributed by atoms with van der Waals surface area (Å²) in [6, 6.07) is 7.54. The molecule has 1 aliphatic heterocycles. The number of para-hydroxylation sites is 1. The van der Waals surface area contributed by atoms with E-state index in [2.05, 4.69) is 26.0 Å². The highest BCUT2D eigenvalue weighted by Crippen LogP contribution is 2.46. The standard InChI is InChI=1S/C25H32N7O6P/c1-6-17-13-19(37-23(17)32-15-27-20-21(31(4)5)28-25(26)29-22(20)32)14-36-39(34,30-16(3)24(33)35-7-2)38-18-11-9-8-10-12-18/h1,8-12,15-17,19,23H,7,13-14H2,2-5H3,(H,30,34)(H2,26,28,29)/t16-,17-,19-,23+,39-/m0/s1. The number of nitrogens with one attached hydrogen (secondary N) is 1. The third-order valence-electron chi connectivity index (χ3n) is 5.92. The molecule has 2 aromatic heterocycles. The Labute approximate surface area is 226 Å². The van der Waals surface area contributed by atoms with Gasteiger partial charge in [-0.15, -0.1) is 6.42 Å². The summed E-state index contributed by atoms with van der Waals surface area (Å²) < 4.78 is 38.2. The number of terminal acetylenes is 1. The maximum Gasteiger partial charge on any atom is 0.459 e. The molecule has 0 unspecified atom stereocenters. The third-order valence-corrected chi connectivity index (χ3v) is 7.56. The summed E-state index contributed by atoms with van der Waals surface area (Å²) in [5.41, 5.74) is 6.97. The molecule has 0 radical (unpaired) electrons. The number of imidazole rings is 1. The zero-order valence-corrected chi connectivity index (χ0v) is 23.1. The normalized spacial score (nSPS) is 21.2. The molecule has 1 fully saturated rings.